The molecule has 1 aliphatic heterocycles. The van der Waals surface area contributed by atoms with Crippen LogP contribution in [0.1, 0.15) is 35.7 Å². The highest BCUT2D eigenvalue weighted by Crippen LogP contribution is 2.39. The van der Waals surface area contributed by atoms with Crippen LogP contribution >= 0.6 is 0 Å². The number of likely N-dealkylation sites (tertiary alicyclic amines) is 1. The Balaban J connectivity index is 1.50. The third-order valence-corrected chi connectivity index (χ3v) is 5.27. The highest BCUT2D eigenvalue weighted by molar-refractivity contribution is 5.74. The number of urea groups is 1. The monoisotopic (exact) mass is 386 g/mol. The maximum absolute atomic E-state index is 12.5. The van der Waals surface area contributed by atoms with E-state index in [-0.39, 0.29) is 11.9 Å². The molecule has 0 spiro atoms. The molecule has 0 unspecified atom stereocenters. The maximum Gasteiger partial charge on any atom is 0.317 e. The standard InChI is InChI=1S/C21H30N4O3/c1-15-13-16(2)25(23-15)11-6-10-22-21(26)24-12-9-17(14-24)18-7-5-8-19(27-3)20(18)28-4/h5,7-8,13,17H,6,9-12,14H2,1-4H3,(H,22,26)/t17-/m0/s1. The van der Waals surface area contributed by atoms with Gasteiger partial charge in [0.15, 0.2) is 11.5 Å². The van der Waals surface area contributed by atoms with Crippen LogP contribution in [0.2, 0.25) is 0 Å². The van der Waals surface area contributed by atoms with Gasteiger partial charge in [0.2, 0.25) is 0 Å². The molecule has 1 N–H and O–H groups in total. The number of benzene rings is 1. The zero-order valence-electron chi connectivity index (χ0n) is 17.2. The fourth-order valence-corrected chi connectivity index (χ4v) is 3.87. The van der Waals surface area contributed by atoms with Crippen LogP contribution in [0.3, 0.4) is 0 Å². The molecule has 0 aliphatic carbocycles. The molecule has 0 bridgehead atoms. The van der Waals surface area contributed by atoms with E-state index in [9.17, 15) is 4.79 Å². The number of carbonyl (C=O) groups is 1. The normalized spacial score (nSPS) is 16.3. The van der Waals surface area contributed by atoms with Crippen LogP contribution in [0.4, 0.5) is 4.79 Å². The van der Waals surface area contributed by atoms with Gasteiger partial charge in [0.25, 0.3) is 0 Å². The number of hydrogen-bond acceptors (Lipinski definition) is 4. The molecule has 0 saturated carbocycles. The largest absolute Gasteiger partial charge is 0.493 e. The lowest BCUT2D eigenvalue weighted by Gasteiger charge is -2.19. The molecule has 152 valence electrons. The zero-order valence-corrected chi connectivity index (χ0v) is 17.2. The topological polar surface area (TPSA) is 68.6 Å². The number of para-hydroxylation sites is 1. The van der Waals surface area contributed by atoms with Crippen LogP contribution in [-0.4, -0.2) is 54.6 Å². The van der Waals surface area contributed by atoms with Crippen molar-refractivity contribution < 1.29 is 14.3 Å². The number of nitrogens with zero attached hydrogens (tertiary/aromatic N) is 3. The molecule has 1 atom stereocenters. The first-order chi connectivity index (χ1) is 13.5. The third kappa shape index (κ3) is 4.40. The Kier molecular flexibility index (Phi) is 6.44. The van der Waals surface area contributed by atoms with E-state index in [0.717, 1.165) is 54.4 Å². The van der Waals surface area contributed by atoms with Gasteiger partial charge in [-0.05, 0) is 38.8 Å². The van der Waals surface area contributed by atoms with E-state index >= 15 is 0 Å². The Labute approximate surface area is 166 Å². The fraction of sp³-hybridized carbons (Fsp3) is 0.524. The lowest BCUT2D eigenvalue weighted by atomic mass is 9.97. The highest BCUT2D eigenvalue weighted by atomic mass is 16.5. The summed E-state index contributed by atoms with van der Waals surface area (Å²) < 4.78 is 12.9. The molecule has 1 saturated heterocycles. The molecular formula is C21H30N4O3. The van der Waals surface area contributed by atoms with Crippen molar-refractivity contribution in [1.29, 1.82) is 0 Å². The number of methoxy groups -OCH3 is 2. The van der Waals surface area contributed by atoms with E-state index in [4.69, 9.17) is 9.47 Å². The second-order valence-electron chi connectivity index (χ2n) is 7.25. The first-order valence-corrected chi connectivity index (χ1v) is 9.78. The van der Waals surface area contributed by atoms with Gasteiger partial charge in [-0.2, -0.15) is 5.10 Å². The second kappa shape index (κ2) is 8.99. The van der Waals surface area contributed by atoms with Crippen LogP contribution < -0.4 is 14.8 Å². The third-order valence-electron chi connectivity index (χ3n) is 5.27. The Morgan fingerprint density at radius 2 is 2.11 bits per heavy atom. The predicted octanol–water partition coefficient (Wildman–Crippen LogP) is 3.11. The summed E-state index contributed by atoms with van der Waals surface area (Å²) >= 11 is 0. The van der Waals surface area contributed by atoms with Gasteiger partial charge in [-0.3, -0.25) is 4.68 Å². The van der Waals surface area contributed by atoms with E-state index in [1.807, 2.05) is 28.6 Å². The van der Waals surface area contributed by atoms with E-state index in [1.54, 1.807) is 14.2 Å². The molecule has 1 aromatic carbocycles. The summed E-state index contributed by atoms with van der Waals surface area (Å²) in [5.41, 5.74) is 3.28. The number of amides is 2. The van der Waals surface area contributed by atoms with Gasteiger partial charge in [-0.1, -0.05) is 12.1 Å². The fourth-order valence-electron chi connectivity index (χ4n) is 3.87. The van der Waals surface area contributed by atoms with Crippen LogP contribution in [0.5, 0.6) is 11.5 Å². The Bertz CT molecular complexity index is 818. The van der Waals surface area contributed by atoms with Gasteiger partial charge < -0.3 is 19.7 Å². The molecule has 7 heteroatoms. The average molecular weight is 386 g/mol. The van der Waals surface area contributed by atoms with Crippen molar-refractivity contribution in [2.75, 3.05) is 33.9 Å². The van der Waals surface area contributed by atoms with Gasteiger partial charge in [-0.15, -0.1) is 0 Å². The molecule has 1 aromatic heterocycles. The second-order valence-corrected chi connectivity index (χ2v) is 7.25. The van der Waals surface area contributed by atoms with Crippen molar-refractivity contribution in [3.8, 4) is 11.5 Å². The van der Waals surface area contributed by atoms with Crippen molar-refractivity contribution in [2.24, 2.45) is 0 Å². The smallest absolute Gasteiger partial charge is 0.317 e. The number of ether oxygens (including phenoxy) is 2. The average Bonchev–Trinajstić information content (AvgIpc) is 3.30. The Morgan fingerprint density at radius 3 is 2.79 bits per heavy atom. The van der Waals surface area contributed by atoms with Crippen LogP contribution in [0, 0.1) is 13.8 Å². The minimum Gasteiger partial charge on any atom is -0.493 e. The lowest BCUT2D eigenvalue weighted by Crippen LogP contribution is -2.39. The summed E-state index contributed by atoms with van der Waals surface area (Å²) in [6.07, 6.45) is 1.78. The Morgan fingerprint density at radius 1 is 1.29 bits per heavy atom. The van der Waals surface area contributed by atoms with Gasteiger partial charge >= 0.3 is 6.03 Å². The SMILES string of the molecule is COc1cccc([C@H]2CCN(C(=O)NCCCn3nc(C)cc3C)C2)c1OC. The summed E-state index contributed by atoms with van der Waals surface area (Å²) in [7, 11) is 3.30. The van der Waals surface area contributed by atoms with Crippen molar-refractivity contribution in [3.63, 3.8) is 0 Å². The summed E-state index contributed by atoms with van der Waals surface area (Å²) in [5.74, 6) is 1.75. The number of carbonyl (C=O) groups excluding carboxylic acids is 1. The van der Waals surface area contributed by atoms with Gasteiger partial charge in [-0.25, -0.2) is 4.79 Å². The number of hydrogen-bond donors (Lipinski definition) is 1. The highest BCUT2D eigenvalue weighted by Gasteiger charge is 2.29. The molecule has 7 nitrogen and oxygen atoms in total. The van der Waals surface area contributed by atoms with E-state index in [1.165, 1.54) is 0 Å². The quantitative estimate of drug-likeness (QED) is 0.743. The van der Waals surface area contributed by atoms with Gasteiger partial charge in [0.05, 0.1) is 19.9 Å². The van der Waals surface area contributed by atoms with E-state index < -0.39 is 0 Å². The van der Waals surface area contributed by atoms with Gasteiger partial charge in [0, 0.05) is 43.4 Å². The zero-order chi connectivity index (χ0) is 20.1. The number of aromatic nitrogens is 2. The Hall–Kier alpha value is -2.70. The number of aryl methyl sites for hydroxylation is 3. The first-order valence-electron chi connectivity index (χ1n) is 9.78. The number of nitrogens with one attached hydrogen (secondary N) is 1. The molecular weight excluding hydrogens is 356 g/mol. The van der Waals surface area contributed by atoms with Crippen molar-refractivity contribution >= 4 is 6.03 Å². The van der Waals surface area contributed by atoms with Crippen molar-refractivity contribution in [1.82, 2.24) is 20.0 Å². The summed E-state index contributed by atoms with van der Waals surface area (Å²) in [6.45, 7) is 6.92. The first kappa shape index (κ1) is 20.0. The van der Waals surface area contributed by atoms with Crippen LogP contribution in [-0.2, 0) is 6.54 Å². The lowest BCUT2D eigenvalue weighted by molar-refractivity contribution is 0.208. The van der Waals surface area contributed by atoms with Crippen molar-refractivity contribution in [2.45, 2.75) is 39.2 Å². The molecule has 0 radical (unpaired) electrons. The summed E-state index contributed by atoms with van der Waals surface area (Å²) in [5, 5.41) is 7.48. The maximum atomic E-state index is 12.5. The van der Waals surface area contributed by atoms with Crippen LogP contribution in [0.15, 0.2) is 24.3 Å². The molecule has 1 aliphatic rings. The van der Waals surface area contributed by atoms with E-state index in [0.29, 0.717) is 13.1 Å². The number of rotatable bonds is 7. The molecule has 2 aromatic rings. The minimum absolute atomic E-state index is 0.00210. The van der Waals surface area contributed by atoms with Crippen LogP contribution in [0.25, 0.3) is 0 Å². The minimum atomic E-state index is -0.00210. The van der Waals surface area contributed by atoms with Crippen molar-refractivity contribution in [3.05, 3.63) is 41.2 Å². The van der Waals surface area contributed by atoms with Gasteiger partial charge in [0.1, 0.15) is 0 Å². The molecule has 3 rings (SSSR count). The van der Waals surface area contributed by atoms with E-state index in [2.05, 4.69) is 29.5 Å². The molecule has 2 heterocycles. The molecule has 1 fully saturated rings. The predicted molar refractivity (Wildman–Crippen MR) is 108 cm³/mol. The summed E-state index contributed by atoms with van der Waals surface area (Å²) in [4.78, 5) is 14.4. The molecule has 2 amide bonds. The summed E-state index contributed by atoms with van der Waals surface area (Å²) in [6, 6.07) is 7.98. The molecule has 28 heavy (non-hydrogen) atoms.